The van der Waals surface area contributed by atoms with E-state index in [0.29, 0.717) is 0 Å². The molecule has 0 atom stereocenters. The van der Waals surface area contributed by atoms with Gasteiger partial charge in [-0.3, -0.25) is 10.1 Å². The first-order chi connectivity index (χ1) is 9.28. The molecule has 0 bridgehead atoms. The Morgan fingerprint density at radius 3 is 2.55 bits per heavy atom. The van der Waals surface area contributed by atoms with Crippen LogP contribution in [0.4, 0.5) is 24.5 Å². The lowest BCUT2D eigenvalue weighted by molar-refractivity contribution is -0.385. The van der Waals surface area contributed by atoms with Crippen LogP contribution < -0.4 is 4.90 Å². The van der Waals surface area contributed by atoms with Gasteiger partial charge in [0.25, 0.3) is 5.69 Å². The first-order valence-electron chi connectivity index (χ1n) is 5.39. The Balaban J connectivity index is 3.15. The maximum atomic E-state index is 12.4. The molecule has 0 fully saturated rings. The second-order valence-electron chi connectivity index (χ2n) is 3.83. The number of nitro groups is 1. The Kier molecular flexibility index (Phi) is 4.88. The lowest BCUT2D eigenvalue weighted by Crippen LogP contribution is -2.36. The fourth-order valence-electron chi connectivity index (χ4n) is 1.61. The van der Waals surface area contributed by atoms with E-state index >= 15 is 0 Å². The van der Waals surface area contributed by atoms with Gasteiger partial charge in [-0.2, -0.15) is 18.4 Å². The van der Waals surface area contributed by atoms with E-state index in [2.05, 4.69) is 0 Å². The Morgan fingerprint density at radius 2 is 2.10 bits per heavy atom. The molecule has 0 aliphatic rings. The normalized spacial score (nSPS) is 10.9. The summed E-state index contributed by atoms with van der Waals surface area (Å²) in [7, 11) is 0. The molecule has 0 heterocycles. The van der Waals surface area contributed by atoms with Gasteiger partial charge in [-0.1, -0.05) is 0 Å². The van der Waals surface area contributed by atoms with E-state index in [1.807, 2.05) is 0 Å². The van der Waals surface area contributed by atoms with Crippen LogP contribution in [0.5, 0.6) is 0 Å². The minimum absolute atomic E-state index is 0.0153. The van der Waals surface area contributed by atoms with Crippen molar-refractivity contribution in [1.82, 2.24) is 0 Å². The summed E-state index contributed by atoms with van der Waals surface area (Å²) in [4.78, 5) is 10.6. The number of anilines is 1. The van der Waals surface area contributed by atoms with Gasteiger partial charge in [0.1, 0.15) is 18.2 Å². The highest BCUT2D eigenvalue weighted by Crippen LogP contribution is 2.27. The Labute approximate surface area is 111 Å². The molecule has 1 N–H and O–H groups in total. The number of nitro benzene ring substituents is 1. The smallest absolute Gasteiger partial charge is 0.395 e. The second-order valence-corrected chi connectivity index (χ2v) is 3.83. The summed E-state index contributed by atoms with van der Waals surface area (Å²) in [5.41, 5.74) is -0.830. The van der Waals surface area contributed by atoms with E-state index in [0.717, 1.165) is 23.1 Å². The Morgan fingerprint density at radius 1 is 1.45 bits per heavy atom. The van der Waals surface area contributed by atoms with E-state index in [1.165, 1.54) is 0 Å². The third-order valence-electron chi connectivity index (χ3n) is 2.40. The zero-order valence-electron chi connectivity index (χ0n) is 10.1. The molecule has 1 aromatic rings. The maximum Gasteiger partial charge on any atom is 0.405 e. The summed E-state index contributed by atoms with van der Waals surface area (Å²) in [5, 5.41) is 28.2. The van der Waals surface area contributed by atoms with Crippen LogP contribution in [0, 0.1) is 21.4 Å². The van der Waals surface area contributed by atoms with Crippen molar-refractivity contribution in [1.29, 1.82) is 5.26 Å². The van der Waals surface area contributed by atoms with E-state index in [4.69, 9.17) is 10.4 Å². The molecular weight excluding hydrogens is 279 g/mol. The third-order valence-corrected chi connectivity index (χ3v) is 2.40. The van der Waals surface area contributed by atoms with Gasteiger partial charge in [0, 0.05) is 18.3 Å². The third kappa shape index (κ3) is 4.10. The van der Waals surface area contributed by atoms with Crippen molar-refractivity contribution in [3.05, 3.63) is 33.9 Å². The molecule has 1 rings (SSSR count). The number of halogens is 3. The fraction of sp³-hybridized carbons (Fsp3) is 0.364. The molecule has 0 aliphatic carbocycles. The molecule has 6 nitrogen and oxygen atoms in total. The molecule has 0 spiro atoms. The summed E-state index contributed by atoms with van der Waals surface area (Å²) in [5.74, 6) is 0. The zero-order chi connectivity index (χ0) is 15.3. The van der Waals surface area contributed by atoms with Crippen LogP contribution in [-0.4, -0.2) is 35.9 Å². The monoisotopic (exact) mass is 289 g/mol. The second kappa shape index (κ2) is 6.21. The van der Waals surface area contributed by atoms with E-state index in [-0.39, 0.29) is 17.8 Å². The van der Waals surface area contributed by atoms with Gasteiger partial charge in [0.2, 0.25) is 0 Å². The average molecular weight is 289 g/mol. The van der Waals surface area contributed by atoms with Crippen molar-refractivity contribution in [3.63, 3.8) is 0 Å². The molecule has 0 unspecified atom stereocenters. The summed E-state index contributed by atoms with van der Waals surface area (Å²) in [6.07, 6.45) is -4.50. The van der Waals surface area contributed by atoms with Crippen LogP contribution in [0.15, 0.2) is 18.2 Å². The number of aliphatic hydroxyl groups excluding tert-OH is 1. The predicted molar refractivity (Wildman–Crippen MR) is 63.2 cm³/mol. The first-order valence-corrected chi connectivity index (χ1v) is 5.39. The number of hydrogen-bond acceptors (Lipinski definition) is 5. The minimum atomic E-state index is -4.50. The maximum absolute atomic E-state index is 12.4. The van der Waals surface area contributed by atoms with Crippen molar-refractivity contribution in [2.24, 2.45) is 0 Å². The number of nitriles is 1. The largest absolute Gasteiger partial charge is 0.405 e. The number of alkyl halides is 3. The highest BCUT2D eigenvalue weighted by molar-refractivity contribution is 5.60. The van der Waals surface area contributed by atoms with Crippen LogP contribution in [0.3, 0.4) is 0 Å². The van der Waals surface area contributed by atoms with Crippen molar-refractivity contribution in [2.75, 3.05) is 24.6 Å². The topological polar surface area (TPSA) is 90.4 Å². The van der Waals surface area contributed by atoms with Crippen molar-refractivity contribution in [3.8, 4) is 6.07 Å². The van der Waals surface area contributed by atoms with E-state index < -0.39 is 29.9 Å². The van der Waals surface area contributed by atoms with Crippen LogP contribution in [0.25, 0.3) is 0 Å². The molecule has 0 saturated carbocycles. The standard InChI is InChI=1S/C11H10F3N3O3/c12-11(13,14)7-16(3-4-18)9-1-2-10(17(19)20)8(5-9)6-15/h1-2,5,18H,3-4,7H2. The van der Waals surface area contributed by atoms with Gasteiger partial charge in [-0.05, 0) is 12.1 Å². The van der Waals surface area contributed by atoms with Gasteiger partial charge in [0.05, 0.1) is 11.5 Å². The van der Waals surface area contributed by atoms with Gasteiger partial charge in [0.15, 0.2) is 0 Å². The molecule has 1 aromatic carbocycles. The molecule has 108 valence electrons. The fourth-order valence-corrected chi connectivity index (χ4v) is 1.61. The van der Waals surface area contributed by atoms with Crippen LogP contribution in [0.1, 0.15) is 5.56 Å². The SMILES string of the molecule is N#Cc1cc(N(CCO)CC(F)(F)F)ccc1[N+](=O)[O-]. The number of hydrogen-bond donors (Lipinski definition) is 1. The Hall–Kier alpha value is -2.34. The number of nitrogens with zero attached hydrogens (tertiary/aromatic N) is 3. The Bertz CT molecular complexity index is 540. The van der Waals surface area contributed by atoms with Crippen molar-refractivity contribution < 1.29 is 23.2 Å². The van der Waals surface area contributed by atoms with Gasteiger partial charge in [-0.15, -0.1) is 0 Å². The molecule has 0 amide bonds. The number of rotatable bonds is 5. The predicted octanol–water partition coefficient (Wildman–Crippen LogP) is 1.83. The summed E-state index contributed by atoms with van der Waals surface area (Å²) < 4.78 is 37.2. The number of aliphatic hydroxyl groups is 1. The molecule has 20 heavy (non-hydrogen) atoms. The average Bonchev–Trinajstić information content (AvgIpc) is 2.35. The molecular formula is C11H10F3N3O3. The molecule has 0 radical (unpaired) electrons. The molecule has 9 heteroatoms. The van der Waals surface area contributed by atoms with Gasteiger partial charge < -0.3 is 10.0 Å². The van der Waals surface area contributed by atoms with Crippen molar-refractivity contribution in [2.45, 2.75) is 6.18 Å². The van der Waals surface area contributed by atoms with Crippen LogP contribution >= 0.6 is 0 Å². The van der Waals surface area contributed by atoms with Crippen LogP contribution in [-0.2, 0) is 0 Å². The summed E-state index contributed by atoms with van der Waals surface area (Å²) >= 11 is 0. The highest BCUT2D eigenvalue weighted by atomic mass is 19.4. The number of benzene rings is 1. The molecule has 0 aromatic heterocycles. The molecule has 0 aliphatic heterocycles. The zero-order valence-corrected chi connectivity index (χ0v) is 10.1. The summed E-state index contributed by atoms with van der Waals surface area (Å²) in [6.45, 7) is -2.15. The van der Waals surface area contributed by atoms with Gasteiger partial charge >= 0.3 is 6.18 Å². The van der Waals surface area contributed by atoms with Crippen molar-refractivity contribution >= 4 is 11.4 Å². The molecule has 0 saturated heterocycles. The lowest BCUT2D eigenvalue weighted by atomic mass is 10.1. The highest BCUT2D eigenvalue weighted by Gasteiger charge is 2.31. The first kappa shape index (κ1) is 15.7. The summed E-state index contributed by atoms with van der Waals surface area (Å²) in [6, 6.07) is 4.64. The van der Waals surface area contributed by atoms with Crippen LogP contribution in [0.2, 0.25) is 0 Å². The van der Waals surface area contributed by atoms with E-state index in [9.17, 15) is 23.3 Å². The minimum Gasteiger partial charge on any atom is -0.395 e. The van der Waals surface area contributed by atoms with E-state index in [1.54, 1.807) is 6.07 Å². The quantitative estimate of drug-likeness (QED) is 0.659. The van der Waals surface area contributed by atoms with Gasteiger partial charge in [-0.25, -0.2) is 0 Å². The lowest BCUT2D eigenvalue weighted by Gasteiger charge is -2.25.